The van der Waals surface area contributed by atoms with Gasteiger partial charge in [-0.1, -0.05) is 30.3 Å². The quantitative estimate of drug-likeness (QED) is 0.735. The van der Waals surface area contributed by atoms with E-state index in [1.807, 2.05) is 18.2 Å². The molecule has 0 bridgehead atoms. The van der Waals surface area contributed by atoms with Gasteiger partial charge in [0.2, 0.25) is 0 Å². The molecule has 2 aromatic carbocycles. The number of para-hydroxylation sites is 2. The largest absolute Gasteiger partial charge is 0.504 e. The number of nitrogens with one attached hydrogen (secondary N) is 1. The number of fused-ring (bicyclic) bond motifs is 1. The lowest BCUT2D eigenvalue weighted by molar-refractivity contribution is 0.0998. The topological polar surface area (TPSA) is 62.5 Å². The third-order valence-corrected chi connectivity index (χ3v) is 2.78. The van der Waals surface area contributed by atoms with E-state index in [2.05, 4.69) is 5.32 Å². The molecule has 0 spiro atoms. The Bertz CT molecular complexity index is 731. The van der Waals surface area contributed by atoms with Crippen LogP contribution in [0.1, 0.15) is 10.6 Å². The number of phenolic OH excluding ortho intramolecular Hbond substituents is 1. The number of rotatable bonds is 2. The van der Waals surface area contributed by atoms with Crippen LogP contribution in [0.4, 0.5) is 5.69 Å². The number of carbonyl (C=O) groups is 1. The van der Waals surface area contributed by atoms with E-state index in [0.29, 0.717) is 16.7 Å². The lowest BCUT2D eigenvalue weighted by Gasteiger charge is -2.01. The van der Waals surface area contributed by atoms with E-state index in [4.69, 9.17) is 4.42 Å². The summed E-state index contributed by atoms with van der Waals surface area (Å²) >= 11 is 0. The normalized spacial score (nSPS) is 10.5. The average molecular weight is 253 g/mol. The summed E-state index contributed by atoms with van der Waals surface area (Å²) in [6, 6.07) is 15.7. The Morgan fingerprint density at radius 1 is 1.05 bits per heavy atom. The van der Waals surface area contributed by atoms with Crippen LogP contribution in [0.2, 0.25) is 0 Å². The third-order valence-electron chi connectivity index (χ3n) is 2.78. The lowest BCUT2D eigenvalue weighted by Crippen LogP contribution is -2.10. The Labute approximate surface area is 109 Å². The standard InChI is InChI=1S/C15H11NO3/c17-12-8-4-5-10-9-13(19-14(10)12)15(18)16-11-6-2-1-3-7-11/h1-9,17H,(H,16,18). The number of benzene rings is 2. The van der Waals surface area contributed by atoms with Gasteiger partial charge in [0.1, 0.15) is 0 Å². The highest BCUT2D eigenvalue weighted by molar-refractivity contribution is 6.05. The minimum absolute atomic E-state index is 0.0243. The SMILES string of the molecule is O=C(Nc1ccccc1)c1cc2cccc(O)c2o1. The zero-order chi connectivity index (χ0) is 13.2. The molecule has 4 heteroatoms. The van der Waals surface area contributed by atoms with Crippen LogP contribution in [-0.4, -0.2) is 11.0 Å². The molecular weight excluding hydrogens is 242 g/mol. The second-order valence-corrected chi connectivity index (χ2v) is 4.13. The summed E-state index contributed by atoms with van der Waals surface area (Å²) in [5.41, 5.74) is 1.01. The Balaban J connectivity index is 1.92. The fourth-order valence-corrected chi connectivity index (χ4v) is 1.87. The molecule has 0 fully saturated rings. The number of hydrogen-bond donors (Lipinski definition) is 2. The minimum Gasteiger partial charge on any atom is -0.504 e. The number of carbonyl (C=O) groups excluding carboxylic acids is 1. The van der Waals surface area contributed by atoms with E-state index < -0.39 is 0 Å². The van der Waals surface area contributed by atoms with Gasteiger partial charge in [-0.05, 0) is 24.3 Å². The molecule has 19 heavy (non-hydrogen) atoms. The molecule has 1 heterocycles. The first-order valence-electron chi connectivity index (χ1n) is 5.82. The van der Waals surface area contributed by atoms with Gasteiger partial charge in [-0.3, -0.25) is 4.79 Å². The van der Waals surface area contributed by atoms with E-state index in [1.54, 1.807) is 30.3 Å². The Morgan fingerprint density at radius 2 is 1.84 bits per heavy atom. The monoisotopic (exact) mass is 253 g/mol. The number of aromatic hydroxyl groups is 1. The molecule has 0 aliphatic rings. The van der Waals surface area contributed by atoms with Crippen LogP contribution in [0.25, 0.3) is 11.0 Å². The molecule has 4 nitrogen and oxygen atoms in total. The fourth-order valence-electron chi connectivity index (χ4n) is 1.87. The van der Waals surface area contributed by atoms with Crippen LogP contribution in [0.15, 0.2) is 59.0 Å². The Morgan fingerprint density at radius 3 is 2.58 bits per heavy atom. The van der Waals surface area contributed by atoms with E-state index >= 15 is 0 Å². The highest BCUT2D eigenvalue weighted by Crippen LogP contribution is 2.27. The second kappa shape index (κ2) is 4.49. The maximum absolute atomic E-state index is 12.0. The van der Waals surface area contributed by atoms with Crippen LogP contribution in [0, 0.1) is 0 Å². The van der Waals surface area contributed by atoms with Crippen LogP contribution in [-0.2, 0) is 0 Å². The zero-order valence-electron chi connectivity index (χ0n) is 9.96. The van der Waals surface area contributed by atoms with Crippen molar-refractivity contribution in [3.8, 4) is 5.75 Å². The van der Waals surface area contributed by atoms with Crippen molar-refractivity contribution in [2.75, 3.05) is 5.32 Å². The highest BCUT2D eigenvalue weighted by Gasteiger charge is 2.14. The molecule has 1 amide bonds. The number of furan rings is 1. The molecule has 1 aromatic heterocycles. The molecule has 2 N–H and O–H groups in total. The van der Waals surface area contributed by atoms with Crippen molar-refractivity contribution in [2.24, 2.45) is 0 Å². The van der Waals surface area contributed by atoms with Crippen molar-refractivity contribution >= 4 is 22.6 Å². The molecule has 0 saturated carbocycles. The summed E-state index contributed by atoms with van der Waals surface area (Å²) in [5.74, 6) is -0.154. The smallest absolute Gasteiger partial charge is 0.291 e. The van der Waals surface area contributed by atoms with Crippen molar-refractivity contribution in [3.05, 3.63) is 60.4 Å². The molecule has 0 aliphatic carbocycles. The Hall–Kier alpha value is -2.75. The number of phenols is 1. The molecule has 0 saturated heterocycles. The van der Waals surface area contributed by atoms with Crippen molar-refractivity contribution in [2.45, 2.75) is 0 Å². The van der Waals surface area contributed by atoms with Crippen LogP contribution >= 0.6 is 0 Å². The molecule has 3 aromatic rings. The number of anilines is 1. The first-order chi connectivity index (χ1) is 9.24. The molecule has 3 rings (SSSR count). The van der Waals surface area contributed by atoms with Crippen molar-refractivity contribution in [1.29, 1.82) is 0 Å². The molecule has 0 atom stereocenters. The minimum atomic E-state index is -0.346. The second-order valence-electron chi connectivity index (χ2n) is 4.13. The van der Waals surface area contributed by atoms with Crippen LogP contribution in [0.5, 0.6) is 5.75 Å². The third kappa shape index (κ3) is 2.15. The number of hydrogen-bond acceptors (Lipinski definition) is 3. The maximum atomic E-state index is 12.0. The van der Waals surface area contributed by atoms with Gasteiger partial charge in [-0.15, -0.1) is 0 Å². The first-order valence-corrected chi connectivity index (χ1v) is 5.82. The zero-order valence-corrected chi connectivity index (χ0v) is 9.96. The van der Waals surface area contributed by atoms with Gasteiger partial charge < -0.3 is 14.8 Å². The van der Waals surface area contributed by atoms with E-state index in [-0.39, 0.29) is 17.4 Å². The van der Waals surface area contributed by atoms with Gasteiger partial charge in [0, 0.05) is 11.1 Å². The number of amides is 1. The predicted molar refractivity (Wildman–Crippen MR) is 72.3 cm³/mol. The summed E-state index contributed by atoms with van der Waals surface area (Å²) < 4.78 is 5.37. The predicted octanol–water partition coefficient (Wildman–Crippen LogP) is 3.39. The summed E-state index contributed by atoms with van der Waals surface area (Å²) in [6.45, 7) is 0. The average Bonchev–Trinajstić information content (AvgIpc) is 2.85. The maximum Gasteiger partial charge on any atom is 0.291 e. The molecular formula is C15H11NO3. The van der Waals surface area contributed by atoms with E-state index in [1.165, 1.54) is 6.07 Å². The lowest BCUT2D eigenvalue weighted by atomic mass is 10.2. The summed E-state index contributed by atoms with van der Waals surface area (Å²) in [7, 11) is 0. The van der Waals surface area contributed by atoms with Gasteiger partial charge in [-0.25, -0.2) is 0 Å². The van der Waals surface area contributed by atoms with E-state index in [0.717, 1.165) is 0 Å². The van der Waals surface area contributed by atoms with Gasteiger partial charge >= 0.3 is 0 Å². The molecule has 0 unspecified atom stereocenters. The molecule has 0 aliphatic heterocycles. The molecule has 0 radical (unpaired) electrons. The van der Waals surface area contributed by atoms with Gasteiger partial charge in [0.05, 0.1) is 0 Å². The van der Waals surface area contributed by atoms with E-state index in [9.17, 15) is 9.90 Å². The van der Waals surface area contributed by atoms with Crippen LogP contribution in [0.3, 0.4) is 0 Å². The van der Waals surface area contributed by atoms with Crippen LogP contribution < -0.4 is 5.32 Å². The van der Waals surface area contributed by atoms with Crippen molar-refractivity contribution in [1.82, 2.24) is 0 Å². The van der Waals surface area contributed by atoms with Gasteiger partial charge in [-0.2, -0.15) is 0 Å². The van der Waals surface area contributed by atoms with Crippen molar-refractivity contribution in [3.63, 3.8) is 0 Å². The highest BCUT2D eigenvalue weighted by atomic mass is 16.4. The first kappa shape index (κ1) is 11.3. The Kier molecular flexibility index (Phi) is 2.68. The summed E-state index contributed by atoms with van der Waals surface area (Å²) in [6.07, 6.45) is 0. The van der Waals surface area contributed by atoms with Gasteiger partial charge in [0.25, 0.3) is 5.91 Å². The summed E-state index contributed by atoms with van der Waals surface area (Å²) in [4.78, 5) is 12.0. The van der Waals surface area contributed by atoms with Crippen molar-refractivity contribution < 1.29 is 14.3 Å². The van der Waals surface area contributed by atoms with Gasteiger partial charge in [0.15, 0.2) is 17.1 Å². The fraction of sp³-hybridized carbons (Fsp3) is 0. The molecule has 94 valence electrons. The summed E-state index contributed by atoms with van der Waals surface area (Å²) in [5, 5.41) is 13.0.